The number of hydrogen-bond acceptors (Lipinski definition) is 4. The molecule has 0 aromatic heterocycles. The second kappa shape index (κ2) is 6.76. The Morgan fingerprint density at radius 1 is 1.33 bits per heavy atom. The highest BCUT2D eigenvalue weighted by atomic mass is 16.4. The van der Waals surface area contributed by atoms with Crippen LogP contribution in [-0.4, -0.2) is 29.4 Å². The lowest BCUT2D eigenvalue weighted by molar-refractivity contribution is -0.136. The molecule has 18 heavy (non-hydrogen) atoms. The van der Waals surface area contributed by atoms with E-state index in [-0.39, 0.29) is 24.8 Å². The zero-order valence-corrected chi connectivity index (χ0v) is 10.3. The molecule has 1 aromatic rings. The fourth-order valence-electron chi connectivity index (χ4n) is 1.62. The largest absolute Gasteiger partial charge is 0.481 e. The van der Waals surface area contributed by atoms with Crippen molar-refractivity contribution in [3.05, 3.63) is 29.8 Å². The Morgan fingerprint density at radius 3 is 2.44 bits per heavy atom. The Labute approximate surface area is 106 Å². The third kappa shape index (κ3) is 4.18. The van der Waals surface area contributed by atoms with Crippen LogP contribution in [0.15, 0.2) is 24.3 Å². The summed E-state index contributed by atoms with van der Waals surface area (Å²) in [5.41, 5.74) is 6.75. The van der Waals surface area contributed by atoms with Gasteiger partial charge in [0.25, 0.3) is 0 Å². The minimum Gasteiger partial charge on any atom is -0.481 e. The van der Waals surface area contributed by atoms with Crippen LogP contribution in [0.4, 0.5) is 5.69 Å². The molecule has 4 N–H and O–H groups in total. The summed E-state index contributed by atoms with van der Waals surface area (Å²) >= 11 is 0. The number of carboxylic acid groups (broad SMARTS) is 1. The van der Waals surface area contributed by atoms with Crippen LogP contribution in [0.25, 0.3) is 0 Å². The first-order valence-electron chi connectivity index (χ1n) is 5.89. The molecule has 0 aliphatic heterocycles. The molecule has 0 fully saturated rings. The molecular weight excluding hydrogens is 232 g/mol. The highest BCUT2D eigenvalue weighted by Gasteiger charge is 2.17. The van der Waals surface area contributed by atoms with Gasteiger partial charge in [0.1, 0.15) is 0 Å². The van der Waals surface area contributed by atoms with Crippen molar-refractivity contribution in [3.8, 4) is 0 Å². The first-order chi connectivity index (χ1) is 8.54. The number of benzene rings is 1. The van der Waals surface area contributed by atoms with E-state index in [1.165, 1.54) is 0 Å². The van der Waals surface area contributed by atoms with Crippen LogP contribution < -0.4 is 11.1 Å². The number of ketones is 1. The third-order valence-corrected chi connectivity index (χ3v) is 2.65. The van der Waals surface area contributed by atoms with Crippen LogP contribution in [0.1, 0.15) is 30.1 Å². The van der Waals surface area contributed by atoms with Gasteiger partial charge in [-0.05, 0) is 30.7 Å². The molecule has 0 amide bonds. The Bertz CT molecular complexity index is 415. The van der Waals surface area contributed by atoms with Gasteiger partial charge in [0.15, 0.2) is 5.78 Å². The maximum Gasteiger partial charge on any atom is 0.304 e. The van der Waals surface area contributed by atoms with Crippen LogP contribution >= 0.6 is 0 Å². The van der Waals surface area contributed by atoms with Crippen molar-refractivity contribution >= 4 is 17.4 Å². The molecule has 5 nitrogen and oxygen atoms in total. The molecule has 1 rings (SSSR count). The summed E-state index contributed by atoms with van der Waals surface area (Å²) in [7, 11) is 0. The molecule has 1 aromatic carbocycles. The topological polar surface area (TPSA) is 92.4 Å². The molecule has 0 aliphatic rings. The second-order valence-corrected chi connectivity index (χ2v) is 4.04. The maximum atomic E-state index is 12.1. The number of rotatable bonds is 7. The number of nitrogens with one attached hydrogen (secondary N) is 1. The van der Waals surface area contributed by atoms with E-state index in [4.69, 9.17) is 10.8 Å². The van der Waals surface area contributed by atoms with Crippen LogP contribution in [-0.2, 0) is 4.79 Å². The van der Waals surface area contributed by atoms with Gasteiger partial charge in [-0.1, -0.05) is 6.92 Å². The van der Waals surface area contributed by atoms with E-state index >= 15 is 0 Å². The first kappa shape index (κ1) is 14.2. The van der Waals surface area contributed by atoms with E-state index in [1.54, 1.807) is 24.3 Å². The molecular formula is C13H18N2O3. The molecule has 0 saturated carbocycles. The van der Waals surface area contributed by atoms with Crippen molar-refractivity contribution in [2.45, 2.75) is 25.8 Å². The van der Waals surface area contributed by atoms with Crippen molar-refractivity contribution in [2.75, 3.05) is 12.3 Å². The molecule has 0 heterocycles. The Morgan fingerprint density at radius 2 is 1.94 bits per heavy atom. The van der Waals surface area contributed by atoms with Crippen molar-refractivity contribution in [1.82, 2.24) is 5.32 Å². The Hall–Kier alpha value is -1.88. The molecule has 0 aliphatic carbocycles. The summed E-state index contributed by atoms with van der Waals surface area (Å²) < 4.78 is 0. The number of Topliss-reactive ketones (excluding diaryl/α,β-unsaturated/α-hetero) is 1. The molecule has 0 saturated heterocycles. The Kier molecular flexibility index (Phi) is 5.32. The van der Waals surface area contributed by atoms with Gasteiger partial charge in [0.05, 0.1) is 12.5 Å². The summed E-state index contributed by atoms with van der Waals surface area (Å²) in [5.74, 6) is -0.917. The lowest BCUT2D eigenvalue weighted by atomic mass is 10.0. The van der Waals surface area contributed by atoms with Gasteiger partial charge in [0, 0.05) is 17.8 Å². The van der Waals surface area contributed by atoms with Crippen molar-refractivity contribution in [3.63, 3.8) is 0 Å². The van der Waals surface area contributed by atoms with Crippen LogP contribution in [0.3, 0.4) is 0 Å². The summed E-state index contributed by atoms with van der Waals surface area (Å²) in [6, 6.07) is 6.36. The van der Waals surface area contributed by atoms with E-state index in [9.17, 15) is 9.59 Å². The highest BCUT2D eigenvalue weighted by molar-refractivity contribution is 6.00. The van der Waals surface area contributed by atoms with Crippen LogP contribution in [0, 0.1) is 0 Å². The summed E-state index contributed by atoms with van der Waals surface area (Å²) in [6.07, 6.45) is 0.619. The number of carbonyl (C=O) groups is 2. The van der Waals surface area contributed by atoms with Gasteiger partial charge in [-0.2, -0.15) is 0 Å². The zero-order valence-electron chi connectivity index (χ0n) is 10.3. The maximum absolute atomic E-state index is 12.1. The first-order valence-corrected chi connectivity index (χ1v) is 5.89. The van der Waals surface area contributed by atoms with Crippen LogP contribution in [0.2, 0.25) is 0 Å². The van der Waals surface area contributed by atoms with Crippen molar-refractivity contribution in [2.24, 2.45) is 0 Å². The van der Waals surface area contributed by atoms with E-state index in [2.05, 4.69) is 5.32 Å². The smallest absolute Gasteiger partial charge is 0.304 e. The van der Waals surface area contributed by atoms with Gasteiger partial charge in [-0.25, -0.2) is 0 Å². The molecule has 0 radical (unpaired) electrons. The molecule has 0 spiro atoms. The number of nitrogen functional groups attached to an aromatic ring is 1. The van der Waals surface area contributed by atoms with Gasteiger partial charge in [-0.3, -0.25) is 9.59 Å². The summed E-state index contributed by atoms with van der Waals surface area (Å²) in [5, 5.41) is 11.5. The quantitative estimate of drug-likeness (QED) is 0.501. The van der Waals surface area contributed by atoms with Crippen molar-refractivity contribution in [1.29, 1.82) is 0 Å². The average molecular weight is 250 g/mol. The predicted octanol–water partition coefficient (Wildman–Crippen LogP) is 1.29. The number of anilines is 1. The summed E-state index contributed by atoms with van der Waals surface area (Å²) in [4.78, 5) is 22.5. The minimum atomic E-state index is -0.878. The minimum absolute atomic E-state index is 0.00547. The van der Waals surface area contributed by atoms with Gasteiger partial charge < -0.3 is 16.2 Å². The van der Waals surface area contributed by atoms with Gasteiger partial charge >= 0.3 is 5.97 Å². The average Bonchev–Trinajstić information content (AvgIpc) is 2.34. The molecule has 0 bridgehead atoms. The standard InChI is InChI=1S/C13H18N2O3/c1-2-11(15-8-7-12(16)17)13(18)9-3-5-10(14)6-4-9/h3-6,11,15H,2,7-8,14H2,1H3,(H,16,17). The fourth-order valence-corrected chi connectivity index (χ4v) is 1.62. The number of aliphatic carboxylic acids is 1. The molecule has 5 heteroatoms. The zero-order chi connectivity index (χ0) is 13.5. The number of carboxylic acids is 1. The van der Waals surface area contributed by atoms with Crippen LogP contribution in [0.5, 0.6) is 0 Å². The van der Waals surface area contributed by atoms with E-state index in [0.717, 1.165) is 0 Å². The fraction of sp³-hybridized carbons (Fsp3) is 0.385. The molecule has 98 valence electrons. The summed E-state index contributed by atoms with van der Waals surface area (Å²) in [6.45, 7) is 2.17. The Balaban J connectivity index is 2.61. The molecule has 1 unspecified atom stereocenters. The van der Waals surface area contributed by atoms with Crippen molar-refractivity contribution < 1.29 is 14.7 Å². The third-order valence-electron chi connectivity index (χ3n) is 2.65. The molecule has 1 atom stereocenters. The van der Waals surface area contributed by atoms with E-state index < -0.39 is 5.97 Å². The van der Waals surface area contributed by atoms with Gasteiger partial charge in [0.2, 0.25) is 0 Å². The van der Waals surface area contributed by atoms with Gasteiger partial charge in [-0.15, -0.1) is 0 Å². The normalized spacial score (nSPS) is 12.1. The highest BCUT2D eigenvalue weighted by Crippen LogP contribution is 2.09. The number of nitrogens with two attached hydrogens (primary N) is 1. The monoisotopic (exact) mass is 250 g/mol. The van der Waals surface area contributed by atoms with E-state index in [1.807, 2.05) is 6.92 Å². The number of hydrogen-bond donors (Lipinski definition) is 3. The lowest BCUT2D eigenvalue weighted by Gasteiger charge is -2.15. The second-order valence-electron chi connectivity index (χ2n) is 4.04. The number of carbonyl (C=O) groups excluding carboxylic acids is 1. The van der Waals surface area contributed by atoms with E-state index in [0.29, 0.717) is 17.7 Å². The SMILES string of the molecule is CCC(NCCC(=O)O)C(=O)c1ccc(N)cc1. The predicted molar refractivity (Wildman–Crippen MR) is 69.5 cm³/mol. The lowest BCUT2D eigenvalue weighted by Crippen LogP contribution is -2.37.